The van der Waals surface area contributed by atoms with Crippen LogP contribution >= 0.6 is 0 Å². The highest BCUT2D eigenvalue weighted by atomic mass is 16.5. The number of methoxy groups -OCH3 is 2. The summed E-state index contributed by atoms with van der Waals surface area (Å²) in [5.74, 6) is 0.763. The maximum Gasteiger partial charge on any atom is 0.407 e. The number of imidazole rings is 2. The van der Waals surface area contributed by atoms with Gasteiger partial charge in [0.15, 0.2) is 5.65 Å². The van der Waals surface area contributed by atoms with Gasteiger partial charge < -0.3 is 39.9 Å². The Bertz CT molecular complexity index is 2270. The maximum atomic E-state index is 13.6. The van der Waals surface area contributed by atoms with Crippen LogP contribution in [0.25, 0.3) is 45.1 Å². The Hall–Kier alpha value is -6.39. The monoisotopic (exact) mass is 791 g/mol. The van der Waals surface area contributed by atoms with Gasteiger partial charge in [0, 0.05) is 30.4 Å². The number of alkyl carbamates (subject to hydrolysis) is 2. The lowest BCUT2D eigenvalue weighted by Crippen LogP contribution is -2.51. The molecular formula is C41H49N11O6. The summed E-state index contributed by atoms with van der Waals surface area (Å²) in [6, 6.07) is 9.70. The first-order valence-corrected chi connectivity index (χ1v) is 19.6. The van der Waals surface area contributed by atoms with Crippen LogP contribution in [-0.4, -0.2) is 108 Å². The summed E-state index contributed by atoms with van der Waals surface area (Å²) in [6.07, 6.45) is 7.10. The molecule has 0 spiro atoms. The Kier molecular flexibility index (Phi) is 11.7. The zero-order valence-corrected chi connectivity index (χ0v) is 33.5. The molecule has 0 radical (unpaired) electrons. The average Bonchev–Trinajstić information content (AvgIpc) is 4.07. The molecule has 2 aliphatic heterocycles. The number of carbonyl (C=O) groups excluding carboxylic acids is 4. The van der Waals surface area contributed by atoms with Gasteiger partial charge in [0.25, 0.3) is 0 Å². The van der Waals surface area contributed by atoms with Crippen LogP contribution in [0.5, 0.6) is 0 Å². The number of fused-ring (bicyclic) bond motifs is 1. The van der Waals surface area contributed by atoms with E-state index < -0.39 is 24.3 Å². The Morgan fingerprint density at radius 2 is 1.21 bits per heavy atom. The second-order valence-corrected chi connectivity index (χ2v) is 15.3. The average molecular weight is 792 g/mol. The van der Waals surface area contributed by atoms with Crippen LogP contribution in [0.2, 0.25) is 0 Å². The van der Waals surface area contributed by atoms with Gasteiger partial charge >= 0.3 is 12.2 Å². The van der Waals surface area contributed by atoms with E-state index in [9.17, 15) is 19.2 Å². The van der Waals surface area contributed by atoms with E-state index in [4.69, 9.17) is 24.4 Å². The van der Waals surface area contributed by atoms with Gasteiger partial charge in [-0.15, -0.1) is 0 Å². The van der Waals surface area contributed by atoms with Crippen LogP contribution in [0.15, 0.2) is 55.0 Å². The molecule has 0 unspecified atom stereocenters. The number of likely N-dealkylation sites (tertiary alicyclic amines) is 2. The summed E-state index contributed by atoms with van der Waals surface area (Å²) in [7, 11) is 2.56. The van der Waals surface area contributed by atoms with Crippen LogP contribution in [0, 0.1) is 11.8 Å². The smallest absolute Gasteiger partial charge is 0.407 e. The van der Waals surface area contributed by atoms with E-state index in [2.05, 4.69) is 30.6 Å². The zero-order valence-electron chi connectivity index (χ0n) is 33.5. The third-order valence-corrected chi connectivity index (χ3v) is 10.8. The third-order valence-electron chi connectivity index (χ3n) is 10.8. The van der Waals surface area contributed by atoms with Crippen molar-refractivity contribution in [3.8, 4) is 33.9 Å². The van der Waals surface area contributed by atoms with Gasteiger partial charge in [-0.2, -0.15) is 0 Å². The van der Waals surface area contributed by atoms with Crippen molar-refractivity contribution in [2.24, 2.45) is 11.8 Å². The van der Waals surface area contributed by atoms with E-state index in [-0.39, 0.29) is 35.7 Å². The highest BCUT2D eigenvalue weighted by molar-refractivity contribution is 5.87. The van der Waals surface area contributed by atoms with Crippen LogP contribution in [0.4, 0.5) is 9.59 Å². The lowest BCUT2D eigenvalue weighted by atomic mass is 10.0. The van der Waals surface area contributed by atoms with Crippen LogP contribution in [0.1, 0.15) is 77.1 Å². The van der Waals surface area contributed by atoms with Crippen molar-refractivity contribution in [2.45, 2.75) is 77.5 Å². The molecule has 1 aromatic carbocycles. The number of benzene rings is 1. The summed E-state index contributed by atoms with van der Waals surface area (Å²) < 4.78 is 9.50. The fraction of sp³-hybridized carbons (Fsp3) is 0.439. The molecule has 17 heteroatoms. The second kappa shape index (κ2) is 17.0. The van der Waals surface area contributed by atoms with Crippen molar-refractivity contribution in [2.75, 3.05) is 27.3 Å². The van der Waals surface area contributed by atoms with Gasteiger partial charge in [0.2, 0.25) is 11.8 Å². The molecule has 17 nitrogen and oxygen atoms in total. The number of amides is 4. The summed E-state index contributed by atoms with van der Waals surface area (Å²) in [5, 5.41) is 5.37. The van der Waals surface area contributed by atoms with Gasteiger partial charge in [-0.1, -0.05) is 52.0 Å². The maximum absolute atomic E-state index is 13.6. The highest BCUT2D eigenvalue weighted by Crippen LogP contribution is 2.35. The second-order valence-electron chi connectivity index (χ2n) is 15.3. The summed E-state index contributed by atoms with van der Waals surface area (Å²) in [4.78, 5) is 85.0. The SMILES string of the molecule is COC(=O)N[C@H](C(=O)N1CCC[C@H]1c1nc(-c2ccc(-c3cnc(-c4ccc5[nH]c([C@@H]6CCCN6C(=O)[C@@H](NC(=O)OC)C(C)C)nc5n4)cn3)cc2)c[nH]1)C(C)C. The fourth-order valence-electron chi connectivity index (χ4n) is 7.67. The first-order valence-electron chi connectivity index (χ1n) is 19.6. The Morgan fingerprint density at radius 3 is 1.74 bits per heavy atom. The van der Waals surface area contributed by atoms with E-state index in [1.807, 2.05) is 70.3 Å². The van der Waals surface area contributed by atoms with E-state index in [1.54, 1.807) is 22.2 Å². The number of nitrogens with one attached hydrogen (secondary N) is 4. The summed E-state index contributed by atoms with van der Waals surface area (Å²) >= 11 is 0. The predicted octanol–water partition coefficient (Wildman–Crippen LogP) is 5.56. The van der Waals surface area contributed by atoms with Gasteiger partial charge in [0.05, 0.1) is 61.3 Å². The molecule has 58 heavy (non-hydrogen) atoms. The molecule has 5 aromatic rings. The largest absolute Gasteiger partial charge is 0.453 e. The first-order chi connectivity index (χ1) is 27.9. The van der Waals surface area contributed by atoms with Crippen molar-refractivity contribution >= 4 is 35.2 Å². The number of aromatic nitrogens is 7. The molecule has 2 fully saturated rings. The normalized spacial score (nSPS) is 17.8. The van der Waals surface area contributed by atoms with E-state index >= 15 is 0 Å². The quantitative estimate of drug-likeness (QED) is 0.130. The van der Waals surface area contributed by atoms with Crippen molar-refractivity contribution in [1.82, 2.24) is 55.3 Å². The van der Waals surface area contributed by atoms with Crippen molar-refractivity contribution in [1.29, 1.82) is 0 Å². The summed E-state index contributed by atoms with van der Waals surface area (Å²) in [6.45, 7) is 8.69. The Labute approximate surface area is 335 Å². The van der Waals surface area contributed by atoms with Gasteiger partial charge in [-0.3, -0.25) is 19.6 Å². The van der Waals surface area contributed by atoms with E-state index in [0.717, 1.165) is 48.0 Å². The number of hydrogen-bond donors (Lipinski definition) is 4. The van der Waals surface area contributed by atoms with Gasteiger partial charge in [-0.25, -0.2) is 24.5 Å². The minimum atomic E-state index is -0.720. The number of nitrogens with zero attached hydrogens (tertiary/aromatic N) is 7. The molecule has 4 aromatic heterocycles. The molecule has 0 saturated carbocycles. The number of carbonyl (C=O) groups is 4. The van der Waals surface area contributed by atoms with E-state index in [1.165, 1.54) is 14.2 Å². The van der Waals surface area contributed by atoms with Crippen LogP contribution in [-0.2, 0) is 19.1 Å². The highest BCUT2D eigenvalue weighted by Gasteiger charge is 2.39. The Morgan fingerprint density at radius 1 is 0.672 bits per heavy atom. The first kappa shape index (κ1) is 39.8. The molecule has 6 heterocycles. The molecule has 4 N–H and O–H groups in total. The summed E-state index contributed by atoms with van der Waals surface area (Å²) in [5.41, 5.74) is 5.65. The standard InChI is InChI=1S/C41H49N11O6/c1-22(2)33(48-40(55)57-5)38(53)51-17-7-9-31(51)36-44-20-29(47-36)25-13-11-24(12-14-25)28-19-43-30(21-42-28)26-15-16-27-35(45-26)50-37(46-27)32-10-8-18-52(32)39(54)34(23(3)4)49-41(56)58-6/h11-16,19-23,31-34H,7-10,17-18H2,1-6H3,(H,44,47)(H,48,55)(H,49,56)(H,45,46,50)/t31-,32-,33-,34-/m0/s1. The number of rotatable bonds is 11. The minimum Gasteiger partial charge on any atom is -0.453 e. The lowest BCUT2D eigenvalue weighted by Gasteiger charge is -2.29. The minimum absolute atomic E-state index is 0.116. The molecule has 4 amide bonds. The molecule has 7 rings (SSSR count). The topological polar surface area (TPSA) is 213 Å². The number of hydrogen-bond acceptors (Lipinski definition) is 11. The third kappa shape index (κ3) is 8.19. The van der Waals surface area contributed by atoms with E-state index in [0.29, 0.717) is 47.5 Å². The van der Waals surface area contributed by atoms with Crippen molar-refractivity contribution in [3.05, 3.63) is 66.6 Å². The van der Waals surface area contributed by atoms with Crippen LogP contribution < -0.4 is 10.6 Å². The van der Waals surface area contributed by atoms with Crippen LogP contribution in [0.3, 0.4) is 0 Å². The molecular weight excluding hydrogens is 743 g/mol. The molecule has 2 saturated heterocycles. The Balaban J connectivity index is 1.02. The number of aromatic amines is 2. The molecule has 0 bridgehead atoms. The molecule has 0 aliphatic carbocycles. The molecule has 4 atom stereocenters. The fourth-order valence-corrected chi connectivity index (χ4v) is 7.67. The lowest BCUT2D eigenvalue weighted by molar-refractivity contribution is -0.136. The van der Waals surface area contributed by atoms with Crippen molar-refractivity contribution in [3.63, 3.8) is 0 Å². The number of H-pyrrole nitrogens is 2. The molecule has 304 valence electrons. The zero-order chi connectivity index (χ0) is 41.1. The predicted molar refractivity (Wildman–Crippen MR) is 214 cm³/mol. The van der Waals surface area contributed by atoms with Gasteiger partial charge in [0.1, 0.15) is 29.4 Å². The van der Waals surface area contributed by atoms with Crippen molar-refractivity contribution < 1.29 is 28.7 Å². The van der Waals surface area contributed by atoms with Gasteiger partial charge in [-0.05, 0) is 49.7 Å². The number of pyridine rings is 1. The number of ether oxygens (including phenoxy) is 2. The molecule has 2 aliphatic rings.